The normalized spacial score (nSPS) is 12.2. The van der Waals surface area contributed by atoms with Gasteiger partial charge in [-0.05, 0) is 36.4 Å². The largest absolute Gasteiger partial charge is 0.416 e. The summed E-state index contributed by atoms with van der Waals surface area (Å²) >= 11 is 0. The first-order valence-corrected chi connectivity index (χ1v) is 6.99. The van der Waals surface area contributed by atoms with Gasteiger partial charge in [0.1, 0.15) is 5.82 Å². The van der Waals surface area contributed by atoms with Crippen LogP contribution in [0.4, 0.5) is 23.4 Å². The van der Waals surface area contributed by atoms with Crippen molar-refractivity contribution in [1.82, 2.24) is 4.98 Å². The second kappa shape index (κ2) is 5.32. The van der Waals surface area contributed by atoms with Crippen LogP contribution in [0.3, 0.4) is 0 Å². The lowest BCUT2D eigenvalue weighted by Crippen LogP contribution is -2.14. The van der Waals surface area contributed by atoms with Gasteiger partial charge in [0.05, 0.1) is 10.5 Å². The number of pyridine rings is 1. The van der Waals surface area contributed by atoms with E-state index >= 15 is 0 Å². The lowest BCUT2D eigenvalue weighted by Gasteiger charge is -2.09. The SMILES string of the molecule is O=S(=O)(Nc1cccc(F)n1)c1ccc(C(F)(F)F)cc1. The summed E-state index contributed by atoms with van der Waals surface area (Å²) in [6.07, 6.45) is -4.56. The van der Waals surface area contributed by atoms with Crippen molar-refractivity contribution in [1.29, 1.82) is 0 Å². The van der Waals surface area contributed by atoms with Gasteiger partial charge in [0, 0.05) is 0 Å². The third-order valence-corrected chi connectivity index (χ3v) is 3.82. The molecule has 1 aromatic heterocycles. The Morgan fingerprint density at radius 2 is 1.62 bits per heavy atom. The molecule has 0 saturated carbocycles. The van der Waals surface area contributed by atoms with E-state index in [9.17, 15) is 26.0 Å². The zero-order chi connectivity index (χ0) is 15.7. The minimum atomic E-state index is -4.56. The molecule has 0 aliphatic rings. The standard InChI is InChI=1S/C12H8F4N2O2S/c13-10-2-1-3-11(17-10)18-21(19,20)9-6-4-8(5-7-9)12(14,15)16/h1-7H,(H,17,18). The number of nitrogens with one attached hydrogen (secondary N) is 1. The molecule has 112 valence electrons. The molecule has 1 heterocycles. The van der Waals surface area contributed by atoms with Crippen LogP contribution >= 0.6 is 0 Å². The maximum Gasteiger partial charge on any atom is 0.416 e. The van der Waals surface area contributed by atoms with Gasteiger partial charge in [-0.25, -0.2) is 13.4 Å². The molecule has 0 saturated heterocycles. The van der Waals surface area contributed by atoms with Gasteiger partial charge in [0.2, 0.25) is 5.95 Å². The van der Waals surface area contributed by atoms with Crippen LogP contribution < -0.4 is 4.72 Å². The molecule has 0 radical (unpaired) electrons. The first-order chi connectivity index (χ1) is 9.68. The maximum atomic E-state index is 12.9. The van der Waals surface area contributed by atoms with E-state index in [4.69, 9.17) is 0 Å². The van der Waals surface area contributed by atoms with Crippen LogP contribution in [0.2, 0.25) is 0 Å². The number of sulfonamides is 1. The van der Waals surface area contributed by atoms with Crippen LogP contribution in [0.25, 0.3) is 0 Å². The highest BCUT2D eigenvalue weighted by Gasteiger charge is 2.30. The number of aromatic nitrogens is 1. The van der Waals surface area contributed by atoms with Crippen LogP contribution in [0.5, 0.6) is 0 Å². The summed E-state index contributed by atoms with van der Waals surface area (Å²) < 4.78 is 75.8. The van der Waals surface area contributed by atoms with Crippen LogP contribution in [0, 0.1) is 5.95 Å². The fourth-order valence-electron chi connectivity index (χ4n) is 1.48. The highest BCUT2D eigenvalue weighted by Crippen LogP contribution is 2.29. The Morgan fingerprint density at radius 3 is 2.14 bits per heavy atom. The molecular formula is C12H8F4N2O2S. The Bertz CT molecular complexity index is 743. The van der Waals surface area contributed by atoms with Crippen molar-refractivity contribution in [2.24, 2.45) is 0 Å². The molecule has 0 aliphatic carbocycles. The smallest absolute Gasteiger partial charge is 0.263 e. The van der Waals surface area contributed by atoms with Gasteiger partial charge in [-0.1, -0.05) is 6.07 Å². The van der Waals surface area contributed by atoms with Crippen LogP contribution in [-0.4, -0.2) is 13.4 Å². The van der Waals surface area contributed by atoms with Crippen molar-refractivity contribution in [3.05, 3.63) is 54.0 Å². The molecule has 2 rings (SSSR count). The number of hydrogen-bond donors (Lipinski definition) is 1. The van der Waals surface area contributed by atoms with E-state index < -0.39 is 27.7 Å². The summed E-state index contributed by atoms with van der Waals surface area (Å²) in [5.41, 5.74) is -0.967. The molecule has 0 atom stereocenters. The first-order valence-electron chi connectivity index (χ1n) is 5.51. The summed E-state index contributed by atoms with van der Waals surface area (Å²) in [5, 5.41) is 0. The van der Waals surface area contributed by atoms with Gasteiger partial charge >= 0.3 is 6.18 Å². The second-order valence-corrected chi connectivity index (χ2v) is 5.66. The zero-order valence-electron chi connectivity index (χ0n) is 10.2. The Hall–Kier alpha value is -2.16. The molecule has 21 heavy (non-hydrogen) atoms. The number of alkyl halides is 3. The predicted octanol–water partition coefficient (Wildman–Crippen LogP) is 3.04. The number of anilines is 1. The minimum absolute atomic E-state index is 0.269. The van der Waals surface area contributed by atoms with Crippen molar-refractivity contribution < 1.29 is 26.0 Å². The number of benzene rings is 1. The van der Waals surface area contributed by atoms with Crippen molar-refractivity contribution in [3.8, 4) is 0 Å². The van der Waals surface area contributed by atoms with E-state index in [2.05, 4.69) is 4.98 Å². The molecule has 2 aromatic rings. The van der Waals surface area contributed by atoms with E-state index in [0.717, 1.165) is 18.2 Å². The third-order valence-electron chi connectivity index (χ3n) is 2.45. The Kier molecular flexibility index (Phi) is 3.86. The van der Waals surface area contributed by atoms with E-state index in [0.29, 0.717) is 12.1 Å². The fraction of sp³-hybridized carbons (Fsp3) is 0.0833. The summed E-state index contributed by atoms with van der Waals surface area (Å²) in [4.78, 5) is 2.92. The number of nitrogens with zero attached hydrogens (tertiary/aromatic N) is 1. The fourth-order valence-corrected chi connectivity index (χ4v) is 2.49. The molecule has 9 heteroatoms. The number of rotatable bonds is 3. The Morgan fingerprint density at radius 1 is 1.00 bits per heavy atom. The summed E-state index contributed by atoms with van der Waals surface area (Å²) in [6, 6.07) is 6.39. The topological polar surface area (TPSA) is 59.1 Å². The molecule has 1 N–H and O–H groups in total. The summed E-state index contributed by atoms with van der Waals surface area (Å²) in [7, 11) is -4.14. The minimum Gasteiger partial charge on any atom is -0.263 e. The first kappa shape index (κ1) is 15.2. The van der Waals surface area contributed by atoms with Crippen LogP contribution in [0.15, 0.2) is 47.4 Å². The van der Waals surface area contributed by atoms with Crippen LogP contribution in [-0.2, 0) is 16.2 Å². The van der Waals surface area contributed by atoms with Crippen molar-refractivity contribution in [2.45, 2.75) is 11.1 Å². The molecule has 0 aliphatic heterocycles. The average molecular weight is 320 g/mol. The van der Waals surface area contributed by atoms with Gasteiger partial charge in [0.15, 0.2) is 0 Å². The highest BCUT2D eigenvalue weighted by molar-refractivity contribution is 7.92. The van der Waals surface area contributed by atoms with Crippen molar-refractivity contribution in [2.75, 3.05) is 4.72 Å². The van der Waals surface area contributed by atoms with Crippen molar-refractivity contribution >= 4 is 15.8 Å². The molecule has 1 aromatic carbocycles. The molecular weight excluding hydrogens is 312 g/mol. The van der Waals surface area contributed by atoms with Gasteiger partial charge in [-0.15, -0.1) is 0 Å². The van der Waals surface area contributed by atoms with Gasteiger partial charge < -0.3 is 0 Å². The number of hydrogen-bond acceptors (Lipinski definition) is 3. The average Bonchev–Trinajstić information content (AvgIpc) is 2.37. The highest BCUT2D eigenvalue weighted by atomic mass is 32.2. The third kappa shape index (κ3) is 3.69. The van der Waals surface area contributed by atoms with E-state index in [1.54, 1.807) is 0 Å². The Labute approximate surface area is 117 Å². The monoisotopic (exact) mass is 320 g/mol. The van der Waals surface area contributed by atoms with Gasteiger partial charge in [0.25, 0.3) is 10.0 Å². The van der Waals surface area contributed by atoms with E-state index in [1.807, 2.05) is 4.72 Å². The van der Waals surface area contributed by atoms with E-state index in [1.165, 1.54) is 12.1 Å². The maximum absolute atomic E-state index is 12.9. The lowest BCUT2D eigenvalue weighted by atomic mass is 10.2. The molecule has 0 amide bonds. The molecule has 0 unspecified atom stereocenters. The summed E-state index contributed by atoms with van der Waals surface area (Å²) in [6.45, 7) is 0. The molecule has 0 bridgehead atoms. The zero-order valence-corrected chi connectivity index (χ0v) is 11.0. The van der Waals surface area contributed by atoms with Crippen molar-refractivity contribution in [3.63, 3.8) is 0 Å². The molecule has 0 fully saturated rings. The second-order valence-electron chi connectivity index (χ2n) is 3.97. The lowest BCUT2D eigenvalue weighted by molar-refractivity contribution is -0.137. The molecule has 4 nitrogen and oxygen atoms in total. The number of halogens is 4. The van der Waals surface area contributed by atoms with Gasteiger partial charge in [-0.2, -0.15) is 17.6 Å². The van der Waals surface area contributed by atoms with Crippen LogP contribution in [0.1, 0.15) is 5.56 Å². The van der Waals surface area contributed by atoms with E-state index in [-0.39, 0.29) is 10.7 Å². The quantitative estimate of drug-likeness (QED) is 0.698. The Balaban J connectivity index is 2.28. The summed E-state index contributed by atoms with van der Waals surface area (Å²) in [5.74, 6) is -1.16. The van der Waals surface area contributed by atoms with Gasteiger partial charge in [-0.3, -0.25) is 4.72 Å². The predicted molar refractivity (Wildman–Crippen MR) is 66.4 cm³/mol. The molecule has 0 spiro atoms.